The predicted molar refractivity (Wildman–Crippen MR) is 55.8 cm³/mol. The van der Waals surface area contributed by atoms with E-state index in [9.17, 15) is 9.59 Å². The highest BCUT2D eigenvalue weighted by Crippen LogP contribution is 2.16. The fraction of sp³-hybridized carbons (Fsp3) is 0. The number of carbonyl (C=O) groups is 2. The van der Waals surface area contributed by atoms with Crippen molar-refractivity contribution in [2.75, 3.05) is 0 Å². The van der Waals surface area contributed by atoms with Gasteiger partial charge in [-0.2, -0.15) is 0 Å². The molecular formula is C10H7BrO3. The number of carbonyl (C=O) groups excluding carboxylic acids is 1. The Kier molecular flexibility index (Phi) is 3.59. The van der Waals surface area contributed by atoms with Crippen LogP contribution in [0.5, 0.6) is 0 Å². The van der Waals surface area contributed by atoms with Crippen molar-refractivity contribution in [3.05, 3.63) is 40.4 Å². The standard InChI is InChI=1S/C10H7BrO3/c11-8-4-2-1-3-7(8)5-6-9(12)10(13)14/h1-6H,(H,13,14)/b6-5+. The van der Waals surface area contributed by atoms with Gasteiger partial charge in [0.05, 0.1) is 0 Å². The van der Waals surface area contributed by atoms with Gasteiger partial charge in [-0.1, -0.05) is 34.1 Å². The van der Waals surface area contributed by atoms with E-state index in [2.05, 4.69) is 15.9 Å². The second kappa shape index (κ2) is 4.72. The van der Waals surface area contributed by atoms with Crippen molar-refractivity contribution >= 4 is 33.8 Å². The maximum absolute atomic E-state index is 10.7. The van der Waals surface area contributed by atoms with E-state index in [-0.39, 0.29) is 0 Å². The van der Waals surface area contributed by atoms with Crippen molar-refractivity contribution in [2.45, 2.75) is 0 Å². The van der Waals surface area contributed by atoms with E-state index >= 15 is 0 Å². The van der Waals surface area contributed by atoms with E-state index in [1.807, 2.05) is 12.1 Å². The zero-order valence-corrected chi connectivity index (χ0v) is 8.69. The molecule has 0 aliphatic carbocycles. The zero-order valence-electron chi connectivity index (χ0n) is 7.11. The van der Waals surface area contributed by atoms with Crippen molar-refractivity contribution in [3.8, 4) is 0 Å². The molecule has 0 amide bonds. The molecule has 14 heavy (non-hydrogen) atoms. The van der Waals surface area contributed by atoms with E-state index in [4.69, 9.17) is 5.11 Å². The first-order valence-electron chi connectivity index (χ1n) is 3.81. The molecular weight excluding hydrogens is 248 g/mol. The summed E-state index contributed by atoms with van der Waals surface area (Å²) in [7, 11) is 0. The van der Waals surface area contributed by atoms with Crippen molar-refractivity contribution < 1.29 is 14.7 Å². The molecule has 0 aromatic heterocycles. The van der Waals surface area contributed by atoms with E-state index in [0.29, 0.717) is 0 Å². The molecule has 1 aromatic carbocycles. The quantitative estimate of drug-likeness (QED) is 0.664. The van der Waals surface area contributed by atoms with Crippen LogP contribution in [-0.2, 0) is 9.59 Å². The van der Waals surface area contributed by atoms with Crippen molar-refractivity contribution in [1.82, 2.24) is 0 Å². The molecule has 72 valence electrons. The normalized spacial score (nSPS) is 10.4. The van der Waals surface area contributed by atoms with Crippen LogP contribution in [0.1, 0.15) is 5.56 Å². The minimum absolute atomic E-state index is 0.766. The van der Waals surface area contributed by atoms with E-state index < -0.39 is 11.8 Å². The monoisotopic (exact) mass is 254 g/mol. The molecule has 0 saturated heterocycles. The van der Waals surface area contributed by atoms with Gasteiger partial charge in [-0.15, -0.1) is 0 Å². The molecule has 0 aliphatic heterocycles. The van der Waals surface area contributed by atoms with Gasteiger partial charge in [-0.25, -0.2) is 4.79 Å². The zero-order chi connectivity index (χ0) is 10.6. The van der Waals surface area contributed by atoms with Gasteiger partial charge in [0.2, 0.25) is 0 Å². The Labute approximate surface area is 89.2 Å². The van der Waals surface area contributed by atoms with Gasteiger partial charge >= 0.3 is 5.97 Å². The fourth-order valence-corrected chi connectivity index (χ4v) is 1.26. The molecule has 0 saturated carbocycles. The Morgan fingerprint density at radius 2 is 1.93 bits per heavy atom. The van der Waals surface area contributed by atoms with E-state index in [1.165, 1.54) is 6.08 Å². The average molecular weight is 255 g/mol. The molecule has 0 bridgehead atoms. The summed E-state index contributed by atoms with van der Waals surface area (Å²) >= 11 is 3.27. The minimum Gasteiger partial charge on any atom is -0.475 e. The smallest absolute Gasteiger partial charge is 0.376 e. The van der Waals surface area contributed by atoms with Crippen molar-refractivity contribution in [2.24, 2.45) is 0 Å². The first-order valence-corrected chi connectivity index (χ1v) is 4.60. The van der Waals surface area contributed by atoms with Gasteiger partial charge in [-0.3, -0.25) is 4.79 Å². The van der Waals surface area contributed by atoms with Gasteiger partial charge < -0.3 is 5.11 Å². The molecule has 0 aliphatic rings. The first kappa shape index (κ1) is 10.7. The highest BCUT2D eigenvalue weighted by Gasteiger charge is 2.05. The maximum Gasteiger partial charge on any atom is 0.376 e. The summed E-state index contributed by atoms with van der Waals surface area (Å²) in [6.07, 6.45) is 2.49. The minimum atomic E-state index is -1.45. The fourth-order valence-electron chi connectivity index (χ4n) is 0.847. The van der Waals surface area contributed by atoms with Gasteiger partial charge in [0.1, 0.15) is 0 Å². The summed E-state index contributed by atoms with van der Waals surface area (Å²) < 4.78 is 0.814. The molecule has 0 radical (unpaired) electrons. The Bertz CT molecular complexity index is 396. The van der Waals surface area contributed by atoms with Crippen LogP contribution in [0.4, 0.5) is 0 Å². The van der Waals surface area contributed by atoms with Crippen LogP contribution in [0.15, 0.2) is 34.8 Å². The third kappa shape index (κ3) is 2.81. The SMILES string of the molecule is O=C(O)C(=O)/C=C/c1ccccc1Br. The van der Waals surface area contributed by atoms with Gasteiger partial charge in [-0.05, 0) is 23.8 Å². The highest BCUT2D eigenvalue weighted by molar-refractivity contribution is 9.10. The lowest BCUT2D eigenvalue weighted by Crippen LogP contribution is -2.08. The van der Waals surface area contributed by atoms with Crippen LogP contribution < -0.4 is 0 Å². The Morgan fingerprint density at radius 1 is 1.29 bits per heavy atom. The lowest BCUT2D eigenvalue weighted by molar-refractivity contribution is -0.146. The summed E-state index contributed by atoms with van der Waals surface area (Å²) in [4.78, 5) is 20.9. The molecule has 0 fully saturated rings. The molecule has 4 heteroatoms. The maximum atomic E-state index is 10.7. The number of carboxylic acid groups (broad SMARTS) is 1. The molecule has 3 nitrogen and oxygen atoms in total. The molecule has 0 heterocycles. The summed E-state index contributed by atoms with van der Waals surface area (Å²) in [5.74, 6) is -2.38. The number of halogens is 1. The lowest BCUT2D eigenvalue weighted by Gasteiger charge is -1.95. The summed E-state index contributed by atoms with van der Waals surface area (Å²) in [6, 6.07) is 7.22. The molecule has 0 atom stereocenters. The molecule has 0 spiro atoms. The van der Waals surface area contributed by atoms with Crippen LogP contribution >= 0.6 is 15.9 Å². The number of ketones is 1. The van der Waals surface area contributed by atoms with Crippen LogP contribution in [0.25, 0.3) is 6.08 Å². The number of hydrogen-bond acceptors (Lipinski definition) is 2. The number of aliphatic carboxylic acids is 1. The molecule has 1 aromatic rings. The third-order valence-corrected chi connectivity index (χ3v) is 2.25. The molecule has 0 unspecified atom stereocenters. The number of hydrogen-bond donors (Lipinski definition) is 1. The number of benzene rings is 1. The Balaban J connectivity index is 2.84. The van der Waals surface area contributed by atoms with Crippen LogP contribution in [0, 0.1) is 0 Å². The molecule has 1 rings (SSSR count). The first-order chi connectivity index (χ1) is 6.61. The Hall–Kier alpha value is -1.42. The van der Waals surface area contributed by atoms with E-state index in [1.54, 1.807) is 12.1 Å². The summed E-state index contributed by atoms with van der Waals surface area (Å²) in [5, 5.41) is 8.32. The van der Waals surface area contributed by atoms with Crippen LogP contribution in [-0.4, -0.2) is 16.9 Å². The average Bonchev–Trinajstić information content (AvgIpc) is 2.16. The third-order valence-electron chi connectivity index (χ3n) is 1.53. The number of rotatable bonds is 3. The van der Waals surface area contributed by atoms with E-state index in [0.717, 1.165) is 16.1 Å². The van der Waals surface area contributed by atoms with Gasteiger partial charge in [0, 0.05) is 4.47 Å². The largest absolute Gasteiger partial charge is 0.475 e. The van der Waals surface area contributed by atoms with Gasteiger partial charge in [0.15, 0.2) is 0 Å². The van der Waals surface area contributed by atoms with Crippen LogP contribution in [0.3, 0.4) is 0 Å². The second-order valence-electron chi connectivity index (χ2n) is 2.52. The van der Waals surface area contributed by atoms with Crippen LogP contribution in [0.2, 0.25) is 0 Å². The Morgan fingerprint density at radius 3 is 2.50 bits per heavy atom. The van der Waals surface area contributed by atoms with Gasteiger partial charge in [0.25, 0.3) is 5.78 Å². The summed E-state index contributed by atoms with van der Waals surface area (Å²) in [5.41, 5.74) is 0.766. The summed E-state index contributed by atoms with van der Waals surface area (Å²) in [6.45, 7) is 0. The number of carboxylic acids is 1. The topological polar surface area (TPSA) is 54.4 Å². The molecule has 1 N–H and O–H groups in total. The van der Waals surface area contributed by atoms with Crippen molar-refractivity contribution in [3.63, 3.8) is 0 Å². The lowest BCUT2D eigenvalue weighted by atomic mass is 10.2. The predicted octanol–water partition coefficient (Wildman–Crippen LogP) is 2.12. The second-order valence-corrected chi connectivity index (χ2v) is 3.38. The highest BCUT2D eigenvalue weighted by atomic mass is 79.9. The van der Waals surface area contributed by atoms with Crippen molar-refractivity contribution in [1.29, 1.82) is 0 Å².